The maximum absolute atomic E-state index is 12.9. The Bertz CT molecular complexity index is 612. The average molecular weight is 327 g/mol. The van der Waals surface area contributed by atoms with Gasteiger partial charge in [0.15, 0.2) is 0 Å². The Balaban J connectivity index is 2.48. The van der Waals surface area contributed by atoms with Crippen molar-refractivity contribution in [1.29, 1.82) is 0 Å². The fourth-order valence-corrected chi connectivity index (χ4v) is 1.75. The van der Waals surface area contributed by atoms with E-state index in [9.17, 15) is 36.2 Å². The second kappa shape index (κ2) is 4.93. The van der Waals surface area contributed by atoms with Gasteiger partial charge in [-0.05, 0) is 12.1 Å². The molecule has 5 nitrogen and oxygen atoms in total. The van der Waals surface area contributed by atoms with E-state index >= 15 is 0 Å². The molecule has 1 aromatic heterocycles. The molecule has 0 spiro atoms. The Labute approximate surface area is 118 Å². The fourth-order valence-electron chi connectivity index (χ4n) is 1.75. The van der Waals surface area contributed by atoms with Crippen LogP contribution in [0.4, 0.5) is 26.3 Å². The molecule has 1 amide bonds. The van der Waals surface area contributed by atoms with Crippen molar-refractivity contribution in [2.24, 2.45) is 5.10 Å². The lowest BCUT2D eigenvalue weighted by Crippen LogP contribution is -2.56. The molecule has 1 unspecified atom stereocenters. The second-order valence-electron chi connectivity index (χ2n) is 4.39. The zero-order valence-corrected chi connectivity index (χ0v) is 10.5. The predicted octanol–water partition coefficient (Wildman–Crippen LogP) is 2.10. The molecule has 120 valence electrons. The van der Waals surface area contributed by atoms with E-state index in [2.05, 4.69) is 10.1 Å². The van der Waals surface area contributed by atoms with Crippen LogP contribution in [0, 0.1) is 0 Å². The standard InChI is InChI=1S/C11H7F6N3O2/c12-10(13,14)7-5-9(22,11(15,16)17)20(19-7)8(21)6-1-3-18-4-2-6/h1-4,22H,5H2. The molecule has 1 atom stereocenters. The first-order chi connectivity index (χ1) is 9.97. The number of carbonyl (C=O) groups excluding carboxylic acids is 1. The van der Waals surface area contributed by atoms with Gasteiger partial charge in [-0.2, -0.15) is 36.5 Å². The molecule has 1 aliphatic heterocycles. The molecular weight excluding hydrogens is 320 g/mol. The van der Waals surface area contributed by atoms with Crippen molar-refractivity contribution in [1.82, 2.24) is 9.99 Å². The quantitative estimate of drug-likeness (QED) is 0.804. The van der Waals surface area contributed by atoms with Crippen LogP contribution in [0.25, 0.3) is 0 Å². The molecule has 0 bridgehead atoms. The smallest absolute Gasteiger partial charge is 0.362 e. The molecule has 11 heteroatoms. The van der Waals surface area contributed by atoms with E-state index < -0.39 is 46.7 Å². The molecule has 1 N–H and O–H groups in total. The number of carbonyl (C=O) groups is 1. The lowest BCUT2D eigenvalue weighted by Gasteiger charge is -2.32. The number of pyridine rings is 1. The number of aliphatic hydroxyl groups is 1. The normalized spacial score (nSPS) is 22.7. The van der Waals surface area contributed by atoms with Crippen molar-refractivity contribution in [2.45, 2.75) is 24.5 Å². The van der Waals surface area contributed by atoms with Gasteiger partial charge in [-0.1, -0.05) is 0 Å². The minimum Gasteiger partial charge on any atom is -0.362 e. The highest BCUT2D eigenvalue weighted by atomic mass is 19.4. The van der Waals surface area contributed by atoms with Gasteiger partial charge < -0.3 is 5.11 Å². The topological polar surface area (TPSA) is 65.8 Å². The Morgan fingerprint density at radius 3 is 2.18 bits per heavy atom. The average Bonchev–Trinajstić information content (AvgIpc) is 2.78. The van der Waals surface area contributed by atoms with Gasteiger partial charge in [0, 0.05) is 18.0 Å². The first-order valence-corrected chi connectivity index (χ1v) is 5.65. The number of halogens is 6. The summed E-state index contributed by atoms with van der Waals surface area (Å²) in [4.78, 5) is 15.5. The predicted molar refractivity (Wildman–Crippen MR) is 59.5 cm³/mol. The zero-order chi connectivity index (χ0) is 16.8. The summed E-state index contributed by atoms with van der Waals surface area (Å²) in [5, 5.41) is 11.7. The van der Waals surface area contributed by atoms with E-state index in [0.29, 0.717) is 0 Å². The number of amides is 1. The molecule has 0 aliphatic carbocycles. The summed E-state index contributed by atoms with van der Waals surface area (Å²) in [6, 6.07) is 1.97. The van der Waals surface area contributed by atoms with Crippen LogP contribution in [0.2, 0.25) is 0 Å². The molecule has 0 radical (unpaired) electrons. The third kappa shape index (κ3) is 2.63. The highest BCUT2D eigenvalue weighted by Crippen LogP contribution is 2.43. The van der Waals surface area contributed by atoms with Gasteiger partial charge in [-0.25, -0.2) is 0 Å². The largest absolute Gasteiger partial charge is 0.438 e. The Kier molecular flexibility index (Phi) is 3.63. The highest BCUT2D eigenvalue weighted by molar-refractivity contribution is 5.99. The summed E-state index contributed by atoms with van der Waals surface area (Å²) in [6.07, 6.45) is -10.5. The van der Waals surface area contributed by atoms with Crippen molar-refractivity contribution in [3.63, 3.8) is 0 Å². The number of aromatic nitrogens is 1. The van der Waals surface area contributed by atoms with E-state index in [1.807, 2.05) is 0 Å². The lowest BCUT2D eigenvalue weighted by molar-refractivity contribution is -0.297. The zero-order valence-electron chi connectivity index (χ0n) is 10.5. The molecule has 0 fully saturated rings. The van der Waals surface area contributed by atoms with Gasteiger partial charge >= 0.3 is 12.4 Å². The Hall–Kier alpha value is -2.17. The number of hydrogen-bond acceptors (Lipinski definition) is 4. The molecule has 1 aliphatic rings. The first-order valence-electron chi connectivity index (χ1n) is 5.65. The first kappa shape index (κ1) is 16.2. The SMILES string of the molecule is O=C(c1ccncc1)N1N=C(C(F)(F)F)CC1(O)C(F)(F)F. The number of hydrazone groups is 1. The Morgan fingerprint density at radius 2 is 1.73 bits per heavy atom. The monoisotopic (exact) mass is 327 g/mol. The van der Waals surface area contributed by atoms with Crippen molar-refractivity contribution in [3.8, 4) is 0 Å². The third-order valence-corrected chi connectivity index (χ3v) is 2.89. The van der Waals surface area contributed by atoms with Crippen LogP contribution in [-0.2, 0) is 0 Å². The molecule has 0 saturated carbocycles. The van der Waals surface area contributed by atoms with E-state index in [-0.39, 0.29) is 0 Å². The van der Waals surface area contributed by atoms with Gasteiger partial charge in [-0.15, -0.1) is 0 Å². The number of rotatable bonds is 1. The molecule has 2 rings (SSSR count). The van der Waals surface area contributed by atoms with Gasteiger partial charge in [0.1, 0.15) is 5.71 Å². The van der Waals surface area contributed by atoms with Crippen LogP contribution in [0.1, 0.15) is 16.8 Å². The van der Waals surface area contributed by atoms with Gasteiger partial charge in [0.2, 0.25) is 0 Å². The second-order valence-corrected chi connectivity index (χ2v) is 4.39. The van der Waals surface area contributed by atoms with E-state index in [4.69, 9.17) is 0 Å². The van der Waals surface area contributed by atoms with Crippen molar-refractivity contribution in [2.75, 3.05) is 0 Å². The summed E-state index contributed by atoms with van der Waals surface area (Å²) in [5.74, 6) is -1.53. The number of alkyl halides is 6. The summed E-state index contributed by atoms with van der Waals surface area (Å²) in [7, 11) is 0. The van der Waals surface area contributed by atoms with Gasteiger partial charge in [-0.3, -0.25) is 9.78 Å². The number of nitrogens with zero attached hydrogens (tertiary/aromatic N) is 3. The summed E-state index contributed by atoms with van der Waals surface area (Å²) >= 11 is 0. The van der Waals surface area contributed by atoms with E-state index in [1.165, 1.54) is 0 Å². The molecular formula is C11H7F6N3O2. The van der Waals surface area contributed by atoms with Crippen LogP contribution in [0.5, 0.6) is 0 Å². The van der Waals surface area contributed by atoms with Crippen LogP contribution >= 0.6 is 0 Å². The highest BCUT2D eigenvalue weighted by Gasteiger charge is 2.66. The minimum atomic E-state index is -5.52. The fraction of sp³-hybridized carbons (Fsp3) is 0.364. The summed E-state index contributed by atoms with van der Waals surface area (Å²) < 4.78 is 76.5. The van der Waals surface area contributed by atoms with Crippen molar-refractivity contribution < 1.29 is 36.2 Å². The third-order valence-electron chi connectivity index (χ3n) is 2.89. The number of hydrogen-bond donors (Lipinski definition) is 1. The van der Waals surface area contributed by atoms with Crippen molar-refractivity contribution >= 4 is 11.6 Å². The van der Waals surface area contributed by atoms with E-state index in [0.717, 1.165) is 24.5 Å². The molecule has 0 aromatic carbocycles. The summed E-state index contributed by atoms with van der Waals surface area (Å²) in [5.41, 5.74) is -6.35. The Morgan fingerprint density at radius 1 is 1.18 bits per heavy atom. The van der Waals surface area contributed by atoms with Crippen LogP contribution in [0.3, 0.4) is 0 Å². The van der Waals surface area contributed by atoms with Gasteiger partial charge in [0.25, 0.3) is 11.6 Å². The summed E-state index contributed by atoms with van der Waals surface area (Å²) in [6.45, 7) is 0. The lowest BCUT2D eigenvalue weighted by atomic mass is 10.1. The van der Waals surface area contributed by atoms with E-state index in [1.54, 1.807) is 0 Å². The van der Waals surface area contributed by atoms with Crippen LogP contribution in [0.15, 0.2) is 29.6 Å². The van der Waals surface area contributed by atoms with Crippen molar-refractivity contribution in [3.05, 3.63) is 30.1 Å². The maximum atomic E-state index is 12.9. The maximum Gasteiger partial charge on any atom is 0.438 e. The molecule has 22 heavy (non-hydrogen) atoms. The van der Waals surface area contributed by atoms with Crippen LogP contribution < -0.4 is 0 Å². The van der Waals surface area contributed by atoms with Crippen LogP contribution in [-0.4, -0.2) is 44.8 Å². The van der Waals surface area contributed by atoms with Gasteiger partial charge in [0.05, 0.1) is 6.42 Å². The minimum absolute atomic E-state index is 0.398. The molecule has 1 aromatic rings. The molecule has 2 heterocycles. The molecule has 0 saturated heterocycles.